The van der Waals surface area contributed by atoms with Crippen molar-refractivity contribution in [1.82, 2.24) is 34.4 Å². The van der Waals surface area contributed by atoms with E-state index in [1.165, 1.54) is 30.6 Å². The predicted octanol–water partition coefficient (Wildman–Crippen LogP) is 4.21. The van der Waals surface area contributed by atoms with Gasteiger partial charge in [-0.15, -0.1) is 15.6 Å². The monoisotopic (exact) mass is 744 g/mol. The summed E-state index contributed by atoms with van der Waals surface area (Å²) >= 11 is 0. The number of anilines is 3. The molecule has 4 N–H and O–H groups in total. The SMILES string of the molecule is C#Cc1cccc2cc(N)cc(-c3ncc4c(N5C[C@H]6CC[C@@H](C5)N6)nc(OCC(=O)Nc5ccc(S(=O)(=O)n6cnc(C7CC7)n6)cc5)nc4c3F)c12. The van der Waals surface area contributed by atoms with Crippen LogP contribution < -0.4 is 26.0 Å². The highest BCUT2D eigenvalue weighted by atomic mass is 32.2. The lowest BCUT2D eigenvalue weighted by atomic mass is 9.96. The molecule has 1 aliphatic carbocycles. The van der Waals surface area contributed by atoms with Crippen molar-refractivity contribution in [2.75, 3.05) is 35.6 Å². The molecule has 2 bridgehead atoms. The van der Waals surface area contributed by atoms with E-state index in [1.807, 2.05) is 12.1 Å². The van der Waals surface area contributed by atoms with Crippen LogP contribution >= 0.6 is 0 Å². The second kappa shape index (κ2) is 13.0. The molecule has 272 valence electrons. The number of nitrogens with one attached hydrogen (secondary N) is 2. The first kappa shape index (κ1) is 33.6. The molecule has 9 rings (SSSR count). The van der Waals surface area contributed by atoms with Crippen LogP contribution in [0.3, 0.4) is 0 Å². The highest BCUT2D eigenvalue weighted by Crippen LogP contribution is 2.39. The molecule has 0 unspecified atom stereocenters. The van der Waals surface area contributed by atoms with Crippen LogP contribution in [-0.4, -0.2) is 75.2 Å². The molecular formula is C38H33FN10O4S. The van der Waals surface area contributed by atoms with Gasteiger partial charge in [-0.25, -0.2) is 9.37 Å². The van der Waals surface area contributed by atoms with Crippen molar-refractivity contribution >= 4 is 54.8 Å². The zero-order chi connectivity index (χ0) is 37.1. The van der Waals surface area contributed by atoms with Crippen molar-refractivity contribution in [3.05, 3.63) is 84.3 Å². The Labute approximate surface area is 309 Å². The van der Waals surface area contributed by atoms with Crippen molar-refractivity contribution in [3.63, 3.8) is 0 Å². The molecule has 2 saturated heterocycles. The van der Waals surface area contributed by atoms with Crippen LogP contribution in [0.2, 0.25) is 0 Å². The zero-order valence-electron chi connectivity index (χ0n) is 28.7. The van der Waals surface area contributed by atoms with Gasteiger partial charge in [0, 0.05) is 65.2 Å². The second-order valence-electron chi connectivity index (χ2n) is 13.8. The lowest BCUT2D eigenvalue weighted by Gasteiger charge is -2.34. The number of hydrogen-bond acceptors (Lipinski definition) is 12. The van der Waals surface area contributed by atoms with Crippen LogP contribution in [0.5, 0.6) is 6.01 Å². The lowest BCUT2D eigenvalue weighted by molar-refractivity contribution is -0.118. The van der Waals surface area contributed by atoms with Crippen LogP contribution in [0.1, 0.15) is 43.0 Å². The molecule has 2 aliphatic heterocycles. The molecule has 6 aromatic rings. The van der Waals surface area contributed by atoms with Gasteiger partial charge in [0.1, 0.15) is 23.4 Å². The van der Waals surface area contributed by atoms with Crippen molar-refractivity contribution in [3.8, 4) is 29.6 Å². The maximum absolute atomic E-state index is 16.8. The summed E-state index contributed by atoms with van der Waals surface area (Å²) in [5.41, 5.74) is 7.95. The van der Waals surface area contributed by atoms with Crippen molar-refractivity contribution in [1.29, 1.82) is 0 Å². The normalized spacial score (nSPS) is 18.2. The van der Waals surface area contributed by atoms with E-state index in [9.17, 15) is 13.2 Å². The van der Waals surface area contributed by atoms with Gasteiger partial charge in [-0.1, -0.05) is 18.1 Å². The first-order valence-electron chi connectivity index (χ1n) is 17.5. The van der Waals surface area contributed by atoms with E-state index in [4.69, 9.17) is 16.9 Å². The minimum Gasteiger partial charge on any atom is -0.453 e. The van der Waals surface area contributed by atoms with E-state index < -0.39 is 28.4 Å². The summed E-state index contributed by atoms with van der Waals surface area (Å²) in [7, 11) is -3.96. The van der Waals surface area contributed by atoms with E-state index in [2.05, 4.69) is 46.5 Å². The summed E-state index contributed by atoms with van der Waals surface area (Å²) < 4.78 is 49.6. The maximum atomic E-state index is 16.8. The smallest absolute Gasteiger partial charge is 0.319 e. The Bertz CT molecular complexity index is 2630. The Morgan fingerprint density at radius 3 is 2.57 bits per heavy atom. The van der Waals surface area contributed by atoms with E-state index in [-0.39, 0.29) is 40.1 Å². The molecule has 3 fully saturated rings. The van der Waals surface area contributed by atoms with Gasteiger partial charge in [-0.3, -0.25) is 9.78 Å². The van der Waals surface area contributed by atoms with E-state index >= 15 is 4.39 Å². The number of piperazine rings is 1. The Kier molecular flexibility index (Phi) is 8.12. The van der Waals surface area contributed by atoms with Crippen LogP contribution in [0.25, 0.3) is 32.9 Å². The number of terminal acetylenes is 1. The zero-order valence-corrected chi connectivity index (χ0v) is 29.6. The van der Waals surface area contributed by atoms with Crippen LogP contribution in [-0.2, 0) is 14.8 Å². The third kappa shape index (κ3) is 6.10. The van der Waals surface area contributed by atoms with Crippen molar-refractivity contribution in [2.24, 2.45) is 0 Å². The molecule has 2 atom stereocenters. The van der Waals surface area contributed by atoms with Gasteiger partial charge >= 0.3 is 6.01 Å². The quantitative estimate of drug-likeness (QED) is 0.142. The molecule has 14 nitrogen and oxygen atoms in total. The average Bonchev–Trinajstić information content (AvgIpc) is 3.80. The van der Waals surface area contributed by atoms with Gasteiger partial charge in [-0.05, 0) is 73.5 Å². The van der Waals surface area contributed by atoms with Crippen LogP contribution in [0.15, 0.2) is 72.0 Å². The molecule has 0 radical (unpaired) electrons. The summed E-state index contributed by atoms with van der Waals surface area (Å²) in [6.07, 6.45) is 12.5. The lowest BCUT2D eigenvalue weighted by Crippen LogP contribution is -2.51. The number of nitrogen functional groups attached to an aromatic ring is 1. The standard InChI is InChI=1S/C38H33FN10O4S/c1-2-21-4-3-5-23-14-24(40)15-29(32(21)23)34-33(39)35-30(16-41-34)37(48-17-26-8-9-27(18-48)43-26)46-38(45-35)53-19-31(50)44-25-10-12-28(13-11-25)54(51,52)49-20-42-36(47-49)22-6-7-22/h1,3-5,10-16,20,22,26-27,43H,6-9,17-19,40H2,(H,44,50)/t26-,27+. The fraction of sp³-hybridized carbons (Fsp3) is 0.263. The molecule has 3 aromatic carbocycles. The Morgan fingerprint density at radius 1 is 1.06 bits per heavy atom. The molecule has 54 heavy (non-hydrogen) atoms. The van der Waals surface area contributed by atoms with Gasteiger partial charge in [-0.2, -0.15) is 18.4 Å². The summed E-state index contributed by atoms with van der Waals surface area (Å²) in [6.45, 7) is 0.773. The number of fused-ring (bicyclic) bond motifs is 4. The number of benzene rings is 3. The first-order chi connectivity index (χ1) is 26.1. The summed E-state index contributed by atoms with van der Waals surface area (Å²) in [4.78, 5) is 33.0. The second-order valence-corrected chi connectivity index (χ2v) is 15.6. The summed E-state index contributed by atoms with van der Waals surface area (Å²) in [5, 5.41) is 12.2. The molecule has 0 spiro atoms. The van der Waals surface area contributed by atoms with Gasteiger partial charge in [0.15, 0.2) is 18.2 Å². The molecule has 3 aliphatic rings. The van der Waals surface area contributed by atoms with E-state index in [1.54, 1.807) is 24.4 Å². The van der Waals surface area contributed by atoms with Crippen molar-refractivity contribution < 1.29 is 22.3 Å². The number of amides is 1. The van der Waals surface area contributed by atoms with E-state index in [0.717, 1.165) is 35.2 Å². The van der Waals surface area contributed by atoms with Gasteiger partial charge in [0.05, 0.1) is 10.3 Å². The minimum atomic E-state index is -3.96. The fourth-order valence-electron chi connectivity index (χ4n) is 7.29. The predicted molar refractivity (Wildman–Crippen MR) is 200 cm³/mol. The summed E-state index contributed by atoms with van der Waals surface area (Å²) in [5.74, 6) is 2.56. The van der Waals surface area contributed by atoms with Crippen molar-refractivity contribution in [2.45, 2.75) is 48.6 Å². The highest BCUT2D eigenvalue weighted by Gasteiger charge is 2.34. The molecular weight excluding hydrogens is 712 g/mol. The molecule has 5 heterocycles. The number of ether oxygens (including phenoxy) is 1. The number of rotatable bonds is 9. The van der Waals surface area contributed by atoms with Crippen LogP contribution in [0.4, 0.5) is 21.6 Å². The largest absolute Gasteiger partial charge is 0.453 e. The average molecular weight is 745 g/mol. The topological polar surface area (TPSA) is 183 Å². The highest BCUT2D eigenvalue weighted by molar-refractivity contribution is 7.89. The number of aromatic nitrogens is 6. The fourth-order valence-corrected chi connectivity index (χ4v) is 8.35. The summed E-state index contributed by atoms with van der Waals surface area (Å²) in [6, 6.07) is 14.8. The first-order valence-corrected chi connectivity index (χ1v) is 18.9. The Morgan fingerprint density at radius 2 is 1.83 bits per heavy atom. The third-order valence-electron chi connectivity index (χ3n) is 10.0. The number of carbonyl (C=O) groups excluding carboxylic acids is 1. The van der Waals surface area contributed by atoms with Gasteiger partial charge in [0.2, 0.25) is 0 Å². The minimum absolute atomic E-state index is 0.00820. The van der Waals surface area contributed by atoms with E-state index in [0.29, 0.717) is 58.0 Å². The number of nitrogens with two attached hydrogens (primary N) is 1. The molecule has 1 saturated carbocycles. The van der Waals surface area contributed by atoms with Gasteiger partial charge in [0.25, 0.3) is 15.9 Å². The third-order valence-corrected chi connectivity index (χ3v) is 11.6. The number of nitrogens with zero attached hydrogens (tertiary/aromatic N) is 7. The molecule has 3 aromatic heterocycles. The number of hydrogen-bond donors (Lipinski definition) is 3. The number of pyridine rings is 1. The van der Waals surface area contributed by atoms with Gasteiger partial charge < -0.3 is 26.0 Å². The maximum Gasteiger partial charge on any atom is 0.319 e. The molecule has 1 amide bonds. The number of halogens is 1. The number of carbonyl (C=O) groups is 1. The Hall–Kier alpha value is -6.18. The Balaban J connectivity index is 1.00. The van der Waals surface area contributed by atoms with Crippen LogP contribution in [0, 0.1) is 18.2 Å². The molecule has 16 heteroatoms.